The Morgan fingerprint density at radius 1 is 1.30 bits per heavy atom. The summed E-state index contributed by atoms with van der Waals surface area (Å²) in [5.74, 6) is -0.631. The second kappa shape index (κ2) is 7.87. The third-order valence-electron chi connectivity index (χ3n) is 2.75. The number of hydrogen-bond donors (Lipinski definition) is 2. The van der Waals surface area contributed by atoms with Crippen molar-refractivity contribution in [2.24, 2.45) is 5.92 Å². The van der Waals surface area contributed by atoms with Crippen LogP contribution in [0.5, 0.6) is 0 Å². The van der Waals surface area contributed by atoms with Crippen LogP contribution in [-0.4, -0.2) is 31.6 Å². The summed E-state index contributed by atoms with van der Waals surface area (Å²) in [5, 5.41) is 6.02. The number of benzene rings is 1. The lowest BCUT2D eigenvalue weighted by Crippen LogP contribution is -2.45. The van der Waals surface area contributed by atoms with E-state index in [1.807, 2.05) is 13.8 Å². The highest BCUT2D eigenvalue weighted by Gasteiger charge is 2.23. The van der Waals surface area contributed by atoms with Gasteiger partial charge in [0.15, 0.2) is 0 Å². The fraction of sp³-hybridized carbons (Fsp3) is 0.429. The van der Waals surface area contributed by atoms with E-state index in [4.69, 9.17) is 11.6 Å². The fourth-order valence-electron chi connectivity index (χ4n) is 1.68. The van der Waals surface area contributed by atoms with Crippen molar-refractivity contribution in [2.75, 3.05) is 19.0 Å². The monoisotopic (exact) mass is 298 g/mol. The van der Waals surface area contributed by atoms with Gasteiger partial charge in [-0.15, -0.1) is 0 Å². The molecule has 0 aliphatic heterocycles. The summed E-state index contributed by atoms with van der Waals surface area (Å²) < 4.78 is 4.69. The molecule has 6 heteroatoms. The second-order valence-corrected chi connectivity index (χ2v) is 5.06. The first-order valence-corrected chi connectivity index (χ1v) is 6.69. The molecule has 2 N–H and O–H groups in total. The molecular formula is C14H19ClN2O3. The van der Waals surface area contributed by atoms with Crippen LogP contribution < -0.4 is 10.6 Å². The summed E-state index contributed by atoms with van der Waals surface area (Å²) in [6, 6.07) is 6.44. The number of hydrogen-bond acceptors (Lipinski definition) is 4. The molecule has 1 amide bonds. The number of carbonyl (C=O) groups excluding carboxylic acids is 2. The first kappa shape index (κ1) is 16.5. The maximum atomic E-state index is 11.8. The van der Waals surface area contributed by atoms with E-state index in [-0.39, 0.29) is 24.3 Å². The average molecular weight is 299 g/mol. The zero-order chi connectivity index (χ0) is 15.1. The average Bonchev–Trinajstić information content (AvgIpc) is 2.41. The van der Waals surface area contributed by atoms with E-state index in [2.05, 4.69) is 15.4 Å². The molecule has 0 bridgehead atoms. The van der Waals surface area contributed by atoms with Gasteiger partial charge in [-0.25, -0.2) is 0 Å². The van der Waals surface area contributed by atoms with Crippen molar-refractivity contribution in [3.63, 3.8) is 0 Å². The molecule has 1 unspecified atom stereocenters. The van der Waals surface area contributed by atoms with Gasteiger partial charge in [0.05, 0.1) is 24.4 Å². The normalized spacial score (nSPS) is 12.1. The van der Waals surface area contributed by atoms with Crippen LogP contribution in [0.1, 0.15) is 13.8 Å². The fourth-order valence-corrected chi connectivity index (χ4v) is 1.86. The molecule has 0 spiro atoms. The van der Waals surface area contributed by atoms with Gasteiger partial charge in [0.1, 0.15) is 6.04 Å². The predicted molar refractivity (Wildman–Crippen MR) is 78.7 cm³/mol. The van der Waals surface area contributed by atoms with Crippen LogP contribution in [0, 0.1) is 5.92 Å². The third kappa shape index (κ3) is 4.83. The molecule has 1 aromatic carbocycles. The SMILES string of the molecule is COC(=O)C(NCC(=O)Nc1ccccc1Cl)C(C)C. The van der Waals surface area contributed by atoms with Gasteiger partial charge in [0, 0.05) is 0 Å². The van der Waals surface area contributed by atoms with Crippen LogP contribution in [0.3, 0.4) is 0 Å². The van der Waals surface area contributed by atoms with Gasteiger partial charge in [0.25, 0.3) is 0 Å². The van der Waals surface area contributed by atoms with Crippen molar-refractivity contribution < 1.29 is 14.3 Å². The van der Waals surface area contributed by atoms with E-state index in [0.717, 1.165) is 0 Å². The Labute approximate surface area is 123 Å². The summed E-state index contributed by atoms with van der Waals surface area (Å²) in [6.07, 6.45) is 0. The highest BCUT2D eigenvalue weighted by Crippen LogP contribution is 2.20. The molecule has 1 atom stereocenters. The van der Waals surface area contributed by atoms with Gasteiger partial charge in [-0.1, -0.05) is 37.6 Å². The molecular weight excluding hydrogens is 280 g/mol. The number of esters is 1. The number of carbonyl (C=O) groups is 2. The number of nitrogens with one attached hydrogen (secondary N) is 2. The predicted octanol–water partition coefficient (Wildman–Crippen LogP) is 2.07. The summed E-state index contributed by atoms with van der Waals surface area (Å²) in [5.41, 5.74) is 0.542. The van der Waals surface area contributed by atoms with Crippen molar-refractivity contribution in [1.29, 1.82) is 0 Å². The van der Waals surface area contributed by atoms with Crippen molar-refractivity contribution in [3.8, 4) is 0 Å². The first-order chi connectivity index (χ1) is 9.45. The minimum atomic E-state index is -0.517. The second-order valence-electron chi connectivity index (χ2n) is 4.65. The Kier molecular flexibility index (Phi) is 6.48. The summed E-state index contributed by atoms with van der Waals surface area (Å²) >= 11 is 5.95. The molecule has 0 aliphatic carbocycles. The molecule has 5 nitrogen and oxygen atoms in total. The quantitative estimate of drug-likeness (QED) is 0.789. The first-order valence-electron chi connectivity index (χ1n) is 6.31. The zero-order valence-electron chi connectivity index (χ0n) is 11.8. The Bertz CT molecular complexity index is 477. The van der Waals surface area contributed by atoms with Gasteiger partial charge in [-0.2, -0.15) is 0 Å². The molecule has 0 heterocycles. The molecule has 0 saturated heterocycles. The standard InChI is InChI=1S/C14H19ClN2O3/c1-9(2)13(14(19)20-3)16-8-12(18)17-11-7-5-4-6-10(11)15/h4-7,9,13,16H,8H2,1-3H3,(H,17,18). The Balaban J connectivity index is 2.54. The van der Waals surface area contributed by atoms with E-state index >= 15 is 0 Å². The number of ether oxygens (including phenoxy) is 1. The Hall–Kier alpha value is -1.59. The number of methoxy groups -OCH3 is 1. The number of para-hydroxylation sites is 1. The summed E-state index contributed by atoms with van der Waals surface area (Å²) in [6.45, 7) is 3.75. The number of amides is 1. The van der Waals surface area contributed by atoms with Crippen LogP contribution in [0.4, 0.5) is 5.69 Å². The molecule has 110 valence electrons. The number of rotatable bonds is 6. The van der Waals surface area contributed by atoms with Gasteiger partial charge >= 0.3 is 5.97 Å². The molecule has 0 saturated carbocycles. The van der Waals surface area contributed by atoms with Crippen molar-refractivity contribution in [2.45, 2.75) is 19.9 Å². The molecule has 0 radical (unpaired) electrons. The maximum absolute atomic E-state index is 11.8. The van der Waals surface area contributed by atoms with Crippen LogP contribution in [0.2, 0.25) is 5.02 Å². The topological polar surface area (TPSA) is 67.4 Å². The molecule has 0 fully saturated rings. The highest BCUT2D eigenvalue weighted by molar-refractivity contribution is 6.33. The molecule has 0 aliphatic rings. The van der Waals surface area contributed by atoms with Crippen molar-refractivity contribution in [1.82, 2.24) is 5.32 Å². The van der Waals surface area contributed by atoms with Crippen LogP contribution >= 0.6 is 11.6 Å². The lowest BCUT2D eigenvalue weighted by molar-refractivity contribution is -0.144. The Morgan fingerprint density at radius 2 is 1.95 bits per heavy atom. The van der Waals surface area contributed by atoms with E-state index < -0.39 is 6.04 Å². The molecule has 1 rings (SSSR count). The molecule has 1 aromatic rings. The maximum Gasteiger partial charge on any atom is 0.323 e. The van der Waals surface area contributed by atoms with Crippen LogP contribution in [0.25, 0.3) is 0 Å². The van der Waals surface area contributed by atoms with E-state index in [1.165, 1.54) is 7.11 Å². The van der Waals surface area contributed by atoms with Crippen molar-refractivity contribution in [3.05, 3.63) is 29.3 Å². The summed E-state index contributed by atoms with van der Waals surface area (Å²) in [7, 11) is 1.32. The van der Waals surface area contributed by atoms with Crippen LogP contribution in [0.15, 0.2) is 24.3 Å². The highest BCUT2D eigenvalue weighted by atomic mass is 35.5. The smallest absolute Gasteiger partial charge is 0.323 e. The number of anilines is 1. The zero-order valence-corrected chi connectivity index (χ0v) is 12.5. The van der Waals surface area contributed by atoms with Crippen LogP contribution in [-0.2, 0) is 14.3 Å². The summed E-state index contributed by atoms with van der Waals surface area (Å²) in [4.78, 5) is 23.4. The van der Waals surface area contributed by atoms with Gasteiger partial charge < -0.3 is 10.1 Å². The van der Waals surface area contributed by atoms with E-state index in [0.29, 0.717) is 10.7 Å². The minimum absolute atomic E-state index is 0.00314. The van der Waals surface area contributed by atoms with Crippen molar-refractivity contribution >= 4 is 29.2 Å². The van der Waals surface area contributed by atoms with Gasteiger partial charge in [-0.3, -0.25) is 14.9 Å². The van der Waals surface area contributed by atoms with E-state index in [9.17, 15) is 9.59 Å². The van der Waals surface area contributed by atoms with Gasteiger partial charge in [0.2, 0.25) is 5.91 Å². The van der Waals surface area contributed by atoms with Gasteiger partial charge in [-0.05, 0) is 18.1 Å². The Morgan fingerprint density at radius 3 is 2.50 bits per heavy atom. The lowest BCUT2D eigenvalue weighted by Gasteiger charge is -2.19. The number of halogens is 1. The molecule has 20 heavy (non-hydrogen) atoms. The third-order valence-corrected chi connectivity index (χ3v) is 3.08. The minimum Gasteiger partial charge on any atom is -0.468 e. The largest absolute Gasteiger partial charge is 0.468 e. The van der Waals surface area contributed by atoms with E-state index in [1.54, 1.807) is 24.3 Å². The lowest BCUT2D eigenvalue weighted by atomic mass is 10.0. The molecule has 0 aromatic heterocycles.